The van der Waals surface area contributed by atoms with Crippen molar-refractivity contribution in [3.63, 3.8) is 0 Å². The molecule has 10 atom stereocenters. The molecule has 4 aromatic rings. The number of esters is 1. The van der Waals surface area contributed by atoms with E-state index in [4.69, 9.17) is 42.3 Å². The van der Waals surface area contributed by atoms with Crippen LogP contribution in [0.25, 0.3) is 10.4 Å². The minimum Gasteiger partial charge on any atom is -0.467 e. The first-order valence-corrected chi connectivity index (χ1v) is 23.8. The maximum absolute atomic E-state index is 13.7. The smallest absolute Gasteiger partial charge is 0.337 e. The van der Waals surface area contributed by atoms with Gasteiger partial charge in [-0.2, -0.15) is 0 Å². The maximum atomic E-state index is 13.7. The molecule has 0 radical (unpaired) electrons. The van der Waals surface area contributed by atoms with E-state index in [-0.39, 0.29) is 38.1 Å². The fourth-order valence-corrected chi connectivity index (χ4v) is 8.20. The third-order valence-electron chi connectivity index (χ3n) is 11.5. The van der Waals surface area contributed by atoms with Crippen molar-refractivity contribution >= 4 is 14.3 Å². The molecule has 15 heteroatoms. The van der Waals surface area contributed by atoms with Gasteiger partial charge in [0.15, 0.2) is 27.0 Å². The summed E-state index contributed by atoms with van der Waals surface area (Å²) in [7, 11) is -1.33. The lowest BCUT2D eigenvalue weighted by Crippen LogP contribution is -2.66. The van der Waals surface area contributed by atoms with Crippen molar-refractivity contribution in [1.82, 2.24) is 0 Å². The highest BCUT2D eigenvalue weighted by atomic mass is 28.4. The van der Waals surface area contributed by atoms with Crippen molar-refractivity contribution in [2.45, 2.75) is 127 Å². The normalized spacial score (nSPS) is 26.6. The average Bonchev–Trinajstić information content (AvgIpc) is 3.27. The highest BCUT2D eigenvalue weighted by Crippen LogP contribution is 2.41. The summed E-state index contributed by atoms with van der Waals surface area (Å²) in [6, 6.07) is 37.0. The number of nitrogens with zero attached hydrogens (tertiary/aromatic N) is 3. The lowest BCUT2D eigenvalue weighted by atomic mass is 9.95. The molecular formula is C47H59N3O11Si. The Morgan fingerprint density at radius 2 is 1.16 bits per heavy atom. The first-order chi connectivity index (χ1) is 29.9. The number of carbonyl (C=O) groups is 1. The van der Waals surface area contributed by atoms with Gasteiger partial charge in [-0.1, -0.05) is 147 Å². The molecule has 0 amide bonds. The van der Waals surface area contributed by atoms with Crippen molar-refractivity contribution in [2.75, 3.05) is 13.7 Å². The van der Waals surface area contributed by atoms with Crippen LogP contribution in [0, 0.1) is 0 Å². The molecule has 2 aliphatic heterocycles. The van der Waals surface area contributed by atoms with Gasteiger partial charge in [-0.25, -0.2) is 4.79 Å². The number of benzene rings is 4. The van der Waals surface area contributed by atoms with Gasteiger partial charge >= 0.3 is 5.97 Å². The number of ether oxygens (including phenoxy) is 8. The molecule has 0 aromatic heterocycles. The Hall–Kier alpha value is -4.48. The minimum absolute atomic E-state index is 0.0227. The third-order valence-corrected chi connectivity index (χ3v) is 15.9. The van der Waals surface area contributed by atoms with Crippen LogP contribution in [0.5, 0.6) is 0 Å². The molecule has 0 saturated carbocycles. The van der Waals surface area contributed by atoms with Crippen LogP contribution in [-0.2, 0) is 73.5 Å². The van der Waals surface area contributed by atoms with E-state index in [0.29, 0.717) is 0 Å². The maximum Gasteiger partial charge on any atom is 0.337 e. The Morgan fingerprint density at radius 1 is 0.694 bits per heavy atom. The van der Waals surface area contributed by atoms with E-state index in [2.05, 4.69) is 43.9 Å². The SMILES string of the molecule is COC(=O)[C@@H]1O[C@@H](O[C@H]2[C@H](OCc3ccccc3)[C@@H](N=[N+]=[N-])[C@H](O[Si](C)(C)C(C)(C)C)O[C@@H]2COCc2ccccc2)[C@H](O)[C@@H](OCc2ccccc2)[C@@H]1OCc1ccccc1. The minimum atomic E-state index is -2.57. The van der Waals surface area contributed by atoms with Crippen LogP contribution in [0.1, 0.15) is 43.0 Å². The Kier molecular flexibility index (Phi) is 16.9. The summed E-state index contributed by atoms with van der Waals surface area (Å²) in [6.07, 6.45) is -10.9. The molecular weight excluding hydrogens is 811 g/mol. The molecule has 2 heterocycles. The zero-order valence-corrected chi connectivity index (χ0v) is 37.2. The molecule has 2 fully saturated rings. The van der Waals surface area contributed by atoms with Gasteiger partial charge in [-0.15, -0.1) is 0 Å². The van der Waals surface area contributed by atoms with E-state index >= 15 is 0 Å². The lowest BCUT2D eigenvalue weighted by Gasteiger charge is -2.50. The molecule has 1 N–H and O–H groups in total. The molecule has 62 heavy (non-hydrogen) atoms. The molecule has 0 aliphatic carbocycles. The number of hydrogen-bond acceptors (Lipinski definition) is 12. The zero-order valence-electron chi connectivity index (χ0n) is 36.2. The zero-order chi connectivity index (χ0) is 44.1. The molecule has 2 saturated heterocycles. The fraction of sp³-hybridized carbons (Fsp3) is 0.468. The molecule has 6 rings (SSSR count). The third kappa shape index (κ3) is 12.4. The molecule has 4 aromatic carbocycles. The summed E-state index contributed by atoms with van der Waals surface area (Å²) in [5, 5.41) is 16.3. The van der Waals surface area contributed by atoms with Gasteiger partial charge in [0, 0.05) is 4.91 Å². The molecule has 2 aliphatic rings. The Balaban J connectivity index is 1.38. The van der Waals surface area contributed by atoms with E-state index in [1.807, 2.05) is 121 Å². The number of aliphatic hydroxyl groups is 1. The first-order valence-electron chi connectivity index (χ1n) is 20.9. The van der Waals surface area contributed by atoms with Crippen LogP contribution in [-0.4, -0.2) is 94.5 Å². The standard InChI is InChI=1S/C47H59N3O11Si/c1-47(2,3)62(5,6)61-45-37(49-50-48)40(55-28-33-21-13-8-14-22-33)39(36(58-45)31-54-27-32-19-11-7-12-20-32)59-46-38(51)41(56-29-34-23-15-9-16-24-34)42(43(60-46)44(52)53-4)57-30-35-25-17-10-18-26-35/h7-26,36-43,45-46,51H,27-31H2,1-6H3/t36-,37-,38-,39-,40-,41-,42+,43-,45+,46-/m1/s1. The fourth-order valence-electron chi connectivity index (χ4n) is 7.07. The van der Waals surface area contributed by atoms with Crippen LogP contribution in [0.3, 0.4) is 0 Å². The monoisotopic (exact) mass is 869 g/mol. The second kappa shape index (κ2) is 22.2. The molecule has 0 bridgehead atoms. The van der Waals surface area contributed by atoms with Crippen LogP contribution in [0.2, 0.25) is 18.1 Å². The number of azide groups is 1. The largest absolute Gasteiger partial charge is 0.467 e. The number of carbonyl (C=O) groups excluding carboxylic acids is 1. The predicted octanol–water partition coefficient (Wildman–Crippen LogP) is 8.03. The number of methoxy groups -OCH3 is 1. The van der Waals surface area contributed by atoms with Crippen molar-refractivity contribution in [3.8, 4) is 0 Å². The molecule has 0 spiro atoms. The Labute approximate surface area is 365 Å². The molecule has 332 valence electrons. The van der Waals surface area contributed by atoms with Gasteiger partial charge in [0.25, 0.3) is 0 Å². The van der Waals surface area contributed by atoms with Gasteiger partial charge in [0.2, 0.25) is 0 Å². The van der Waals surface area contributed by atoms with Crippen molar-refractivity contribution in [1.29, 1.82) is 0 Å². The van der Waals surface area contributed by atoms with E-state index in [1.165, 1.54) is 7.11 Å². The van der Waals surface area contributed by atoms with Gasteiger partial charge < -0.3 is 47.4 Å². The number of hydrogen-bond donors (Lipinski definition) is 1. The number of rotatable bonds is 19. The summed E-state index contributed by atoms with van der Waals surface area (Å²) in [6.45, 7) is 11.0. The Bertz CT molecular complexity index is 2010. The molecule has 14 nitrogen and oxygen atoms in total. The van der Waals surface area contributed by atoms with Crippen molar-refractivity contribution < 1.29 is 52.2 Å². The van der Waals surface area contributed by atoms with E-state index < -0.39 is 75.6 Å². The first kappa shape index (κ1) is 47.0. The van der Waals surface area contributed by atoms with Crippen molar-refractivity contribution in [2.24, 2.45) is 5.11 Å². The van der Waals surface area contributed by atoms with Crippen LogP contribution < -0.4 is 0 Å². The van der Waals surface area contributed by atoms with Gasteiger partial charge in [-0.3, -0.25) is 0 Å². The summed E-state index contributed by atoms with van der Waals surface area (Å²) in [5.41, 5.74) is 13.5. The average molecular weight is 870 g/mol. The summed E-state index contributed by atoms with van der Waals surface area (Å²) < 4.78 is 57.9. The summed E-state index contributed by atoms with van der Waals surface area (Å²) in [4.78, 5) is 16.9. The predicted molar refractivity (Wildman–Crippen MR) is 233 cm³/mol. The second-order valence-electron chi connectivity index (χ2n) is 16.9. The summed E-state index contributed by atoms with van der Waals surface area (Å²) >= 11 is 0. The topological polar surface area (TPSA) is 169 Å². The lowest BCUT2D eigenvalue weighted by molar-refractivity contribution is -0.349. The van der Waals surface area contributed by atoms with Gasteiger partial charge in [0.05, 0.1) is 40.1 Å². The highest BCUT2D eigenvalue weighted by molar-refractivity contribution is 6.74. The summed E-state index contributed by atoms with van der Waals surface area (Å²) in [5.74, 6) is -0.758. The van der Waals surface area contributed by atoms with Crippen LogP contribution in [0.4, 0.5) is 0 Å². The highest BCUT2D eigenvalue weighted by Gasteiger charge is 2.56. The van der Waals surface area contributed by atoms with Gasteiger partial charge in [0.1, 0.15) is 42.7 Å². The number of aliphatic hydroxyl groups excluding tert-OH is 1. The van der Waals surface area contributed by atoms with E-state index in [1.54, 1.807) is 0 Å². The molecule has 0 unspecified atom stereocenters. The second-order valence-corrected chi connectivity index (χ2v) is 21.7. The van der Waals surface area contributed by atoms with Gasteiger partial charge in [-0.05, 0) is 45.9 Å². The van der Waals surface area contributed by atoms with Crippen LogP contribution in [0.15, 0.2) is 126 Å². The Morgan fingerprint density at radius 3 is 1.63 bits per heavy atom. The van der Waals surface area contributed by atoms with E-state index in [0.717, 1.165) is 22.3 Å². The van der Waals surface area contributed by atoms with E-state index in [9.17, 15) is 15.4 Å². The quantitative estimate of drug-likeness (QED) is 0.0318. The van der Waals surface area contributed by atoms with Crippen molar-refractivity contribution in [3.05, 3.63) is 154 Å². The van der Waals surface area contributed by atoms with Crippen LogP contribution >= 0.6 is 0 Å².